The number of hydrogen-bond acceptors (Lipinski definition) is 10. The summed E-state index contributed by atoms with van der Waals surface area (Å²) in [7, 11) is -4.05. The zero-order chi connectivity index (χ0) is 41.1. The van der Waals surface area contributed by atoms with Gasteiger partial charge in [-0.1, -0.05) is 25.0 Å². The Balaban J connectivity index is 1.23. The molecular weight excluding hydrogens is 772 g/mol. The smallest absolute Gasteiger partial charge is 0.483 e. The van der Waals surface area contributed by atoms with E-state index in [0.29, 0.717) is 66.4 Å². The standard InChI is InChI=1S/C39H48F3N5O9S/c1-22(2)54-35(51)44-29-11-9-7-5-6-8-10-24-19-38(24,34(50)46-57(52,53)36(4)16-17-36)45-32(48)30-20-37(21-47(30)33(29)49)15-14-26-27-18-25(55-39(40,41)42)12-13-28(27)43-23(3)31(26)56-37/h8,10,12-13,18,22,24,29-30H,5-7,9,11,14-17,19-21H2,1-4H3,(H,44,51)(H,45,48)(H,46,50)/b10-8-/t24-,29+,30+,37-,38-/m1/s1. The molecule has 3 fully saturated rings. The summed E-state index contributed by atoms with van der Waals surface area (Å²) >= 11 is 0. The largest absolute Gasteiger partial charge is 0.573 e. The third kappa shape index (κ3) is 8.23. The number of carbonyl (C=O) groups is 4. The highest BCUT2D eigenvalue weighted by Crippen LogP contribution is 2.49. The number of pyridine rings is 1. The minimum atomic E-state index is -4.91. The second-order valence-electron chi connectivity index (χ2n) is 16.6. The lowest BCUT2D eigenvalue weighted by atomic mass is 9.87. The fraction of sp³-hybridized carbons (Fsp3) is 0.615. The van der Waals surface area contributed by atoms with Crippen LogP contribution in [0.15, 0.2) is 30.4 Å². The summed E-state index contributed by atoms with van der Waals surface area (Å²) in [6.07, 6.45) is 1.91. The Labute approximate surface area is 328 Å². The van der Waals surface area contributed by atoms with Gasteiger partial charge in [0.05, 0.1) is 28.6 Å². The van der Waals surface area contributed by atoms with Crippen molar-refractivity contribution in [2.45, 2.75) is 139 Å². The molecule has 3 aliphatic heterocycles. The van der Waals surface area contributed by atoms with E-state index >= 15 is 0 Å². The summed E-state index contributed by atoms with van der Waals surface area (Å²) < 4.78 is 83.1. The van der Waals surface area contributed by atoms with E-state index in [9.17, 15) is 40.8 Å². The second-order valence-corrected chi connectivity index (χ2v) is 18.8. The quantitative estimate of drug-likeness (QED) is 0.336. The normalized spacial score (nSPS) is 29.1. The first-order valence-electron chi connectivity index (χ1n) is 19.4. The number of nitrogens with one attached hydrogen (secondary N) is 3. The number of aryl methyl sites for hydroxylation is 2. The Hall–Kier alpha value is -4.61. The average Bonchev–Trinajstić information content (AvgIpc) is 4.01. The van der Waals surface area contributed by atoms with Crippen LogP contribution >= 0.6 is 0 Å². The molecule has 3 N–H and O–H groups in total. The van der Waals surface area contributed by atoms with E-state index in [4.69, 9.17) is 9.47 Å². The Bertz CT molecular complexity index is 2120. The number of rotatable bonds is 6. The molecule has 14 nitrogen and oxygen atoms in total. The lowest BCUT2D eigenvalue weighted by Crippen LogP contribution is -2.58. The van der Waals surface area contributed by atoms with Crippen molar-refractivity contribution in [3.8, 4) is 11.5 Å². The zero-order valence-electron chi connectivity index (χ0n) is 32.3. The number of carbonyl (C=O) groups excluding carboxylic acids is 4. The Morgan fingerprint density at radius 2 is 1.86 bits per heavy atom. The second kappa shape index (κ2) is 14.6. The summed E-state index contributed by atoms with van der Waals surface area (Å²) in [5, 5.41) is 5.95. The minimum Gasteiger partial charge on any atom is -0.483 e. The predicted molar refractivity (Wildman–Crippen MR) is 199 cm³/mol. The van der Waals surface area contributed by atoms with Gasteiger partial charge in [0.25, 0.3) is 5.91 Å². The third-order valence-electron chi connectivity index (χ3n) is 11.8. The molecule has 0 unspecified atom stereocenters. The monoisotopic (exact) mass is 819 g/mol. The maximum atomic E-state index is 14.6. The molecule has 7 rings (SSSR count). The van der Waals surface area contributed by atoms with Gasteiger partial charge < -0.3 is 29.7 Å². The van der Waals surface area contributed by atoms with Gasteiger partial charge >= 0.3 is 12.5 Å². The van der Waals surface area contributed by atoms with Crippen LogP contribution < -0.4 is 24.8 Å². The average molecular weight is 820 g/mol. The predicted octanol–water partition coefficient (Wildman–Crippen LogP) is 5.00. The van der Waals surface area contributed by atoms with E-state index in [1.165, 1.54) is 23.1 Å². The van der Waals surface area contributed by atoms with Crippen LogP contribution in [0.3, 0.4) is 0 Å². The van der Waals surface area contributed by atoms with Gasteiger partial charge in [-0.15, -0.1) is 13.2 Å². The van der Waals surface area contributed by atoms with E-state index < -0.39 is 85.9 Å². The Morgan fingerprint density at radius 1 is 1.11 bits per heavy atom. The first-order valence-corrected chi connectivity index (χ1v) is 20.9. The van der Waals surface area contributed by atoms with Crippen LogP contribution in [-0.4, -0.2) is 89.1 Å². The van der Waals surface area contributed by atoms with E-state index in [0.717, 1.165) is 6.42 Å². The summed E-state index contributed by atoms with van der Waals surface area (Å²) in [5.41, 5.74) is -1.29. The fourth-order valence-corrected chi connectivity index (χ4v) is 9.57. The number of halogens is 3. The molecule has 0 bridgehead atoms. The van der Waals surface area contributed by atoms with Crippen molar-refractivity contribution < 1.29 is 55.0 Å². The lowest BCUT2D eigenvalue weighted by molar-refractivity contribution is -0.274. The number of sulfonamides is 1. The summed E-state index contributed by atoms with van der Waals surface area (Å²) in [6, 6.07) is 1.58. The van der Waals surface area contributed by atoms with Gasteiger partial charge in [0.2, 0.25) is 21.8 Å². The molecule has 310 valence electrons. The van der Waals surface area contributed by atoms with Crippen molar-refractivity contribution in [3.63, 3.8) is 0 Å². The zero-order valence-corrected chi connectivity index (χ0v) is 33.1. The fourth-order valence-electron chi connectivity index (χ4n) is 8.26. The van der Waals surface area contributed by atoms with Crippen molar-refractivity contribution >= 4 is 44.7 Å². The molecule has 57 heavy (non-hydrogen) atoms. The molecule has 5 aliphatic rings. The number of aromatic nitrogens is 1. The molecule has 2 aliphatic carbocycles. The summed E-state index contributed by atoms with van der Waals surface area (Å²) in [6.45, 7) is 6.49. The van der Waals surface area contributed by atoms with Crippen LogP contribution in [-0.2, 0) is 35.6 Å². The Kier molecular flexibility index (Phi) is 10.4. The maximum absolute atomic E-state index is 14.6. The number of alkyl carbamates (subject to hydrolysis) is 1. The molecule has 4 amide bonds. The van der Waals surface area contributed by atoms with Crippen LogP contribution in [0, 0.1) is 12.8 Å². The number of amides is 4. The molecule has 1 saturated heterocycles. The molecule has 18 heteroatoms. The van der Waals surface area contributed by atoms with E-state index in [1.807, 2.05) is 12.2 Å². The number of hydrogen-bond donors (Lipinski definition) is 3. The van der Waals surface area contributed by atoms with Crippen molar-refractivity contribution in [3.05, 3.63) is 41.6 Å². The molecule has 1 aromatic carbocycles. The lowest BCUT2D eigenvalue weighted by Gasteiger charge is -2.36. The van der Waals surface area contributed by atoms with E-state index in [1.54, 1.807) is 27.7 Å². The van der Waals surface area contributed by atoms with Gasteiger partial charge in [-0.25, -0.2) is 18.2 Å². The molecule has 2 aromatic rings. The minimum absolute atomic E-state index is 0.0452. The number of alkyl halides is 3. The molecule has 2 saturated carbocycles. The van der Waals surface area contributed by atoms with E-state index in [-0.39, 0.29) is 32.2 Å². The molecule has 1 spiro atoms. The molecule has 5 atom stereocenters. The third-order valence-corrected chi connectivity index (χ3v) is 14.0. The molecule has 1 aromatic heterocycles. The van der Waals surface area contributed by atoms with Gasteiger partial charge in [-0.05, 0) is 97.3 Å². The van der Waals surface area contributed by atoms with Crippen molar-refractivity contribution in [1.82, 2.24) is 25.2 Å². The Morgan fingerprint density at radius 3 is 2.56 bits per heavy atom. The highest BCUT2D eigenvalue weighted by molar-refractivity contribution is 7.91. The van der Waals surface area contributed by atoms with Crippen LogP contribution in [0.5, 0.6) is 11.5 Å². The summed E-state index contributed by atoms with van der Waals surface area (Å²) in [5.74, 6) is -2.72. The van der Waals surface area contributed by atoms with Crippen LogP contribution in [0.25, 0.3) is 10.9 Å². The van der Waals surface area contributed by atoms with Gasteiger partial charge in [-0.3, -0.25) is 19.1 Å². The topological polar surface area (TPSA) is 182 Å². The highest BCUT2D eigenvalue weighted by atomic mass is 32.2. The first-order chi connectivity index (χ1) is 26.7. The number of benzene rings is 1. The molecular formula is C39H48F3N5O9S. The van der Waals surface area contributed by atoms with Crippen LogP contribution in [0.2, 0.25) is 0 Å². The number of nitrogens with zero attached hydrogens (tertiary/aromatic N) is 2. The maximum Gasteiger partial charge on any atom is 0.573 e. The van der Waals surface area contributed by atoms with Crippen molar-refractivity contribution in [2.75, 3.05) is 6.54 Å². The van der Waals surface area contributed by atoms with Gasteiger partial charge in [0.1, 0.15) is 34.7 Å². The number of allylic oxidation sites excluding steroid dienone is 1. The molecule has 4 heterocycles. The first kappa shape index (κ1) is 40.6. The number of fused-ring (bicyclic) bond motifs is 5. The van der Waals surface area contributed by atoms with Gasteiger partial charge in [0.15, 0.2) is 0 Å². The van der Waals surface area contributed by atoms with E-state index in [2.05, 4.69) is 25.1 Å². The SMILES string of the molecule is Cc1nc2ccc(OC(F)(F)F)cc2c2c1O[C@]1(CC2)C[C@H]2C(=O)N[C@]3(C(=O)NS(=O)(=O)C4(C)CC4)C[C@H]3/C=C\CCCCC[C@H](NC(=O)OC(C)C)C(=O)N2C1. The van der Waals surface area contributed by atoms with Crippen molar-refractivity contribution in [2.24, 2.45) is 5.92 Å². The van der Waals surface area contributed by atoms with Gasteiger partial charge in [-0.2, -0.15) is 0 Å². The van der Waals surface area contributed by atoms with Crippen LogP contribution in [0.4, 0.5) is 18.0 Å². The van der Waals surface area contributed by atoms with Crippen molar-refractivity contribution in [1.29, 1.82) is 0 Å². The summed E-state index contributed by atoms with van der Waals surface area (Å²) in [4.78, 5) is 62.0. The van der Waals surface area contributed by atoms with Gasteiger partial charge in [0, 0.05) is 23.3 Å². The number of ether oxygens (including phenoxy) is 3. The van der Waals surface area contributed by atoms with Crippen LogP contribution in [0.1, 0.15) is 96.2 Å². The molecule has 0 radical (unpaired) electrons. The highest BCUT2D eigenvalue weighted by Gasteiger charge is 2.64.